The van der Waals surface area contributed by atoms with Gasteiger partial charge >= 0.3 is 5.69 Å². The van der Waals surface area contributed by atoms with Crippen molar-refractivity contribution < 1.29 is 14.5 Å². The van der Waals surface area contributed by atoms with Gasteiger partial charge in [0.1, 0.15) is 5.75 Å². The van der Waals surface area contributed by atoms with Gasteiger partial charge in [0.25, 0.3) is 5.91 Å². The van der Waals surface area contributed by atoms with Gasteiger partial charge in [0, 0.05) is 42.1 Å². The van der Waals surface area contributed by atoms with Gasteiger partial charge in [-0.05, 0) is 42.8 Å². The molecule has 1 heterocycles. The maximum atomic E-state index is 12.2. The van der Waals surface area contributed by atoms with Gasteiger partial charge < -0.3 is 14.6 Å². The van der Waals surface area contributed by atoms with Crippen LogP contribution in [-0.4, -0.2) is 26.9 Å². The number of halogens is 1. The highest BCUT2D eigenvalue weighted by Gasteiger charge is 2.16. The lowest BCUT2D eigenvalue weighted by Crippen LogP contribution is -2.25. The number of imidazole rings is 1. The van der Waals surface area contributed by atoms with E-state index >= 15 is 0 Å². The maximum absolute atomic E-state index is 12.2. The zero-order valence-corrected chi connectivity index (χ0v) is 15.5. The first-order chi connectivity index (χ1) is 13.5. The van der Waals surface area contributed by atoms with Crippen molar-refractivity contribution in [2.75, 3.05) is 6.54 Å². The molecular weight excluding hydrogens is 384 g/mol. The highest BCUT2D eigenvalue weighted by molar-refractivity contribution is 6.30. The molecule has 144 valence electrons. The van der Waals surface area contributed by atoms with Crippen molar-refractivity contribution in [2.45, 2.75) is 13.0 Å². The summed E-state index contributed by atoms with van der Waals surface area (Å²) in [5.41, 5.74) is 0.243. The summed E-state index contributed by atoms with van der Waals surface area (Å²) in [5, 5.41) is 14.2. The average molecular weight is 401 g/mol. The van der Waals surface area contributed by atoms with Gasteiger partial charge in [-0.25, -0.2) is 4.98 Å². The normalized spacial score (nSPS) is 10.5. The van der Waals surface area contributed by atoms with Crippen LogP contribution in [0, 0.1) is 10.1 Å². The fraction of sp³-hybridized carbons (Fsp3) is 0.158. The minimum Gasteiger partial charge on any atom is -0.450 e. The average Bonchev–Trinajstić information content (AvgIpc) is 3.20. The topological polar surface area (TPSA) is 99.3 Å². The highest BCUT2D eigenvalue weighted by Crippen LogP contribution is 2.33. The number of rotatable bonds is 8. The van der Waals surface area contributed by atoms with Crippen LogP contribution in [0.15, 0.2) is 61.2 Å². The van der Waals surface area contributed by atoms with Gasteiger partial charge in [-0.3, -0.25) is 14.9 Å². The number of hydrogen-bond donors (Lipinski definition) is 1. The SMILES string of the molecule is O=C(NCCCn1ccnc1)c1ccc(Oc2ccc(Cl)cc2[N+](=O)[O-])cc1. The first kappa shape index (κ1) is 19.4. The molecular formula is C19H17ClN4O4. The number of aryl methyl sites for hydroxylation is 1. The molecule has 9 heteroatoms. The van der Waals surface area contributed by atoms with E-state index in [1.54, 1.807) is 36.8 Å². The molecule has 0 saturated carbocycles. The van der Waals surface area contributed by atoms with Crippen molar-refractivity contribution >= 4 is 23.2 Å². The number of aromatic nitrogens is 2. The number of nitro benzene ring substituents is 1. The van der Waals surface area contributed by atoms with E-state index in [2.05, 4.69) is 10.3 Å². The van der Waals surface area contributed by atoms with Crippen LogP contribution in [0.25, 0.3) is 0 Å². The minimum atomic E-state index is -0.563. The van der Waals surface area contributed by atoms with Gasteiger partial charge in [0.15, 0.2) is 0 Å². The maximum Gasteiger partial charge on any atom is 0.313 e. The van der Waals surface area contributed by atoms with Gasteiger partial charge in [0.2, 0.25) is 5.75 Å². The van der Waals surface area contributed by atoms with Gasteiger partial charge in [-0.2, -0.15) is 0 Å². The van der Waals surface area contributed by atoms with E-state index < -0.39 is 4.92 Å². The number of ether oxygens (including phenoxy) is 1. The third-order valence-electron chi connectivity index (χ3n) is 3.90. The first-order valence-corrected chi connectivity index (χ1v) is 8.86. The lowest BCUT2D eigenvalue weighted by Gasteiger charge is -2.08. The summed E-state index contributed by atoms with van der Waals surface area (Å²) in [6.07, 6.45) is 6.08. The van der Waals surface area contributed by atoms with Crippen LogP contribution in [-0.2, 0) is 6.54 Å². The number of nitrogens with one attached hydrogen (secondary N) is 1. The van der Waals surface area contributed by atoms with Crippen molar-refractivity contribution in [1.29, 1.82) is 0 Å². The molecule has 0 fully saturated rings. The number of benzene rings is 2. The Labute approximate surface area is 165 Å². The Hall–Kier alpha value is -3.39. The molecule has 0 unspecified atom stereocenters. The Balaban J connectivity index is 1.56. The van der Waals surface area contributed by atoms with Crippen molar-refractivity contribution in [2.24, 2.45) is 0 Å². The largest absolute Gasteiger partial charge is 0.450 e. The fourth-order valence-corrected chi connectivity index (χ4v) is 2.67. The van der Waals surface area contributed by atoms with E-state index in [9.17, 15) is 14.9 Å². The van der Waals surface area contributed by atoms with Crippen molar-refractivity contribution in [3.8, 4) is 11.5 Å². The zero-order valence-electron chi connectivity index (χ0n) is 14.7. The molecule has 1 N–H and O–H groups in total. The number of nitrogens with zero attached hydrogens (tertiary/aromatic N) is 3. The Morgan fingerprint density at radius 3 is 2.71 bits per heavy atom. The summed E-state index contributed by atoms with van der Waals surface area (Å²) >= 11 is 5.79. The third-order valence-corrected chi connectivity index (χ3v) is 4.13. The van der Waals surface area contributed by atoms with Crippen LogP contribution in [0.2, 0.25) is 5.02 Å². The van der Waals surface area contributed by atoms with Crippen molar-refractivity contribution in [3.63, 3.8) is 0 Å². The highest BCUT2D eigenvalue weighted by atomic mass is 35.5. The van der Waals surface area contributed by atoms with Gasteiger partial charge in [-0.15, -0.1) is 0 Å². The summed E-state index contributed by atoms with van der Waals surface area (Å²) < 4.78 is 7.50. The number of nitro groups is 1. The van der Waals surface area contributed by atoms with Crippen LogP contribution in [0.1, 0.15) is 16.8 Å². The van der Waals surface area contributed by atoms with Crippen LogP contribution < -0.4 is 10.1 Å². The quantitative estimate of drug-likeness (QED) is 0.349. The molecule has 0 bridgehead atoms. The van der Waals surface area contributed by atoms with E-state index in [4.69, 9.17) is 16.3 Å². The van der Waals surface area contributed by atoms with E-state index in [0.717, 1.165) is 13.0 Å². The Bertz CT molecular complexity index is 959. The van der Waals surface area contributed by atoms with E-state index in [0.29, 0.717) is 17.9 Å². The standard InChI is InChI=1S/C19H17ClN4O4/c20-15-4-7-18(17(12-15)24(26)27)28-16-5-2-14(3-6-16)19(25)22-8-1-10-23-11-9-21-13-23/h2-7,9,11-13H,1,8,10H2,(H,22,25). The monoisotopic (exact) mass is 400 g/mol. The molecule has 28 heavy (non-hydrogen) atoms. The van der Waals surface area contributed by atoms with E-state index in [-0.39, 0.29) is 22.4 Å². The molecule has 3 aromatic rings. The molecule has 0 atom stereocenters. The molecule has 1 aromatic heterocycles. The van der Waals surface area contributed by atoms with Crippen LogP contribution in [0.3, 0.4) is 0 Å². The van der Waals surface area contributed by atoms with Crippen molar-refractivity contribution in [3.05, 3.63) is 81.9 Å². The van der Waals surface area contributed by atoms with Crippen molar-refractivity contribution in [1.82, 2.24) is 14.9 Å². The zero-order chi connectivity index (χ0) is 19.9. The summed E-state index contributed by atoms with van der Waals surface area (Å²) in [6, 6.07) is 10.5. The molecule has 0 aliphatic carbocycles. The molecule has 0 spiro atoms. The number of carbonyl (C=O) groups is 1. The van der Waals surface area contributed by atoms with Crippen LogP contribution >= 0.6 is 11.6 Å². The molecule has 8 nitrogen and oxygen atoms in total. The number of amides is 1. The molecule has 0 aliphatic rings. The lowest BCUT2D eigenvalue weighted by molar-refractivity contribution is -0.385. The predicted octanol–water partition coefficient (Wildman–Crippen LogP) is 4.06. The predicted molar refractivity (Wildman–Crippen MR) is 104 cm³/mol. The Morgan fingerprint density at radius 1 is 1.25 bits per heavy atom. The smallest absolute Gasteiger partial charge is 0.313 e. The second-order valence-corrected chi connectivity index (χ2v) is 6.34. The second kappa shape index (κ2) is 9.01. The minimum absolute atomic E-state index is 0.0751. The summed E-state index contributed by atoms with van der Waals surface area (Å²) in [6.45, 7) is 1.30. The van der Waals surface area contributed by atoms with Crippen LogP contribution in [0.4, 0.5) is 5.69 Å². The van der Waals surface area contributed by atoms with E-state index in [1.165, 1.54) is 18.2 Å². The first-order valence-electron chi connectivity index (χ1n) is 8.49. The number of carbonyl (C=O) groups excluding carboxylic acids is 1. The molecule has 0 aliphatic heterocycles. The molecule has 2 aromatic carbocycles. The molecule has 3 rings (SSSR count). The summed E-state index contributed by atoms with van der Waals surface area (Å²) in [5.74, 6) is 0.253. The fourth-order valence-electron chi connectivity index (χ4n) is 2.51. The molecule has 1 amide bonds. The second-order valence-electron chi connectivity index (χ2n) is 5.91. The molecule has 0 saturated heterocycles. The summed E-state index contributed by atoms with van der Waals surface area (Å²) in [4.78, 5) is 26.7. The van der Waals surface area contributed by atoms with Crippen LogP contribution in [0.5, 0.6) is 11.5 Å². The lowest BCUT2D eigenvalue weighted by atomic mass is 10.2. The van der Waals surface area contributed by atoms with E-state index in [1.807, 2.05) is 10.8 Å². The molecule has 0 radical (unpaired) electrons. The van der Waals surface area contributed by atoms with Gasteiger partial charge in [-0.1, -0.05) is 11.6 Å². The third kappa shape index (κ3) is 5.08. The Kier molecular flexibility index (Phi) is 6.23. The number of hydrogen-bond acceptors (Lipinski definition) is 5. The summed E-state index contributed by atoms with van der Waals surface area (Å²) in [7, 11) is 0. The Morgan fingerprint density at radius 2 is 2.04 bits per heavy atom. The van der Waals surface area contributed by atoms with Gasteiger partial charge in [0.05, 0.1) is 11.3 Å².